The predicted molar refractivity (Wildman–Crippen MR) is 94.4 cm³/mol. The summed E-state index contributed by atoms with van der Waals surface area (Å²) in [7, 11) is 1.80. The molecule has 1 aliphatic carbocycles. The largest absolute Gasteiger partial charge is 0.451 e. The van der Waals surface area contributed by atoms with Gasteiger partial charge < -0.3 is 14.0 Å². The molecule has 0 spiro atoms. The van der Waals surface area contributed by atoms with Gasteiger partial charge in [0.25, 0.3) is 5.91 Å². The van der Waals surface area contributed by atoms with Crippen molar-refractivity contribution in [3.8, 4) is 0 Å². The minimum Gasteiger partial charge on any atom is -0.451 e. The van der Waals surface area contributed by atoms with Gasteiger partial charge in [0.2, 0.25) is 0 Å². The third-order valence-corrected chi connectivity index (χ3v) is 5.16. The van der Waals surface area contributed by atoms with Gasteiger partial charge in [0.15, 0.2) is 12.3 Å². The van der Waals surface area contributed by atoms with Crippen molar-refractivity contribution in [1.82, 2.24) is 14.3 Å². The van der Waals surface area contributed by atoms with E-state index >= 15 is 0 Å². The number of rotatable bonds is 4. The molecule has 25 heavy (non-hydrogen) atoms. The minimum atomic E-state index is -0.567. The number of ether oxygens (including phenoxy) is 1. The van der Waals surface area contributed by atoms with Gasteiger partial charge in [-0.2, -0.15) is 0 Å². The van der Waals surface area contributed by atoms with E-state index in [1.807, 2.05) is 29.5 Å². The fraction of sp³-hybridized carbons (Fsp3) is 0.526. The third-order valence-electron chi connectivity index (χ3n) is 5.16. The zero-order chi connectivity index (χ0) is 18.0. The summed E-state index contributed by atoms with van der Waals surface area (Å²) in [5.41, 5.74) is 1.88. The lowest BCUT2D eigenvalue weighted by Gasteiger charge is -2.33. The van der Waals surface area contributed by atoms with Crippen LogP contribution in [0.15, 0.2) is 24.4 Å². The van der Waals surface area contributed by atoms with Crippen LogP contribution in [-0.2, 0) is 9.53 Å². The van der Waals surface area contributed by atoms with Crippen molar-refractivity contribution < 1.29 is 14.3 Å². The van der Waals surface area contributed by atoms with E-state index in [0.29, 0.717) is 5.65 Å². The summed E-state index contributed by atoms with van der Waals surface area (Å²) in [4.78, 5) is 30.5. The quantitative estimate of drug-likeness (QED) is 0.801. The number of amides is 1. The molecule has 1 saturated carbocycles. The fourth-order valence-electron chi connectivity index (χ4n) is 3.38. The van der Waals surface area contributed by atoms with Gasteiger partial charge in [-0.3, -0.25) is 4.79 Å². The maximum absolute atomic E-state index is 12.3. The molecule has 0 unspecified atom stereocenters. The summed E-state index contributed by atoms with van der Waals surface area (Å²) < 4.78 is 7.01. The van der Waals surface area contributed by atoms with Crippen LogP contribution < -0.4 is 0 Å². The molecule has 3 rings (SSSR count). The Kier molecular flexibility index (Phi) is 5.06. The standard InChI is InChI=1S/C19H25N3O3/c1-13-7-9-15(10-8-13)21(3)18(23)12-25-19(24)16-11-22-14(2)5-4-6-17(22)20-16/h4-6,11,13,15H,7-10,12H2,1-3H3. The lowest BCUT2D eigenvalue weighted by molar-refractivity contribution is -0.136. The maximum Gasteiger partial charge on any atom is 0.359 e. The van der Waals surface area contributed by atoms with Crippen LogP contribution in [0.3, 0.4) is 0 Å². The molecule has 1 aliphatic rings. The van der Waals surface area contributed by atoms with Crippen LogP contribution >= 0.6 is 0 Å². The van der Waals surface area contributed by atoms with E-state index in [9.17, 15) is 9.59 Å². The second-order valence-electron chi connectivity index (χ2n) is 7.02. The van der Waals surface area contributed by atoms with Crippen LogP contribution in [0.2, 0.25) is 0 Å². The minimum absolute atomic E-state index is 0.159. The van der Waals surface area contributed by atoms with Crippen molar-refractivity contribution in [2.24, 2.45) is 5.92 Å². The zero-order valence-electron chi connectivity index (χ0n) is 15.1. The number of fused-ring (bicyclic) bond motifs is 1. The molecule has 0 bridgehead atoms. The number of aromatic nitrogens is 2. The summed E-state index contributed by atoms with van der Waals surface area (Å²) in [6, 6.07) is 5.90. The summed E-state index contributed by atoms with van der Waals surface area (Å²) in [5.74, 6) is 0.00560. The first-order chi connectivity index (χ1) is 12.0. The van der Waals surface area contributed by atoms with Crippen LogP contribution in [0.5, 0.6) is 0 Å². The highest BCUT2D eigenvalue weighted by Gasteiger charge is 2.25. The van der Waals surface area contributed by atoms with E-state index in [-0.39, 0.29) is 24.2 Å². The average molecular weight is 343 g/mol. The molecule has 2 heterocycles. The maximum atomic E-state index is 12.3. The van der Waals surface area contributed by atoms with Crippen molar-refractivity contribution >= 4 is 17.5 Å². The molecule has 0 aromatic carbocycles. The van der Waals surface area contributed by atoms with E-state index in [2.05, 4.69) is 11.9 Å². The number of carbonyl (C=O) groups excluding carboxylic acids is 2. The molecule has 1 amide bonds. The molecule has 2 aromatic heterocycles. The number of imidazole rings is 1. The molecule has 2 aromatic rings. The van der Waals surface area contributed by atoms with Crippen LogP contribution in [0, 0.1) is 12.8 Å². The molecule has 0 atom stereocenters. The zero-order valence-corrected chi connectivity index (χ0v) is 15.1. The molecule has 0 aliphatic heterocycles. The van der Waals surface area contributed by atoms with Gasteiger partial charge in [0.05, 0.1) is 0 Å². The van der Waals surface area contributed by atoms with E-state index in [0.717, 1.165) is 37.3 Å². The van der Waals surface area contributed by atoms with E-state index < -0.39 is 5.97 Å². The van der Waals surface area contributed by atoms with Gasteiger partial charge in [-0.15, -0.1) is 0 Å². The number of hydrogen-bond acceptors (Lipinski definition) is 4. The monoisotopic (exact) mass is 343 g/mol. The van der Waals surface area contributed by atoms with Gasteiger partial charge in [-0.05, 0) is 50.7 Å². The Hall–Kier alpha value is -2.37. The Morgan fingerprint density at radius 3 is 2.68 bits per heavy atom. The Morgan fingerprint density at radius 1 is 1.28 bits per heavy atom. The first-order valence-electron chi connectivity index (χ1n) is 8.83. The number of carbonyl (C=O) groups is 2. The SMILES string of the molecule is Cc1cccc2nc(C(=O)OCC(=O)N(C)C3CCC(C)CC3)cn12. The smallest absolute Gasteiger partial charge is 0.359 e. The highest BCUT2D eigenvalue weighted by molar-refractivity contribution is 5.90. The highest BCUT2D eigenvalue weighted by Crippen LogP contribution is 2.26. The number of nitrogens with zero attached hydrogens (tertiary/aromatic N) is 3. The number of hydrogen-bond donors (Lipinski definition) is 0. The number of likely N-dealkylation sites (N-methyl/N-ethyl adjacent to an activating group) is 1. The van der Waals surface area contributed by atoms with Crippen LogP contribution in [-0.4, -0.2) is 45.9 Å². The highest BCUT2D eigenvalue weighted by atomic mass is 16.5. The van der Waals surface area contributed by atoms with Crippen molar-refractivity contribution in [2.75, 3.05) is 13.7 Å². The Balaban J connectivity index is 1.57. The summed E-state index contributed by atoms with van der Waals surface area (Å²) >= 11 is 0. The molecule has 0 radical (unpaired) electrons. The Bertz CT molecular complexity index is 775. The number of esters is 1. The van der Waals surface area contributed by atoms with Crippen LogP contribution in [0.25, 0.3) is 5.65 Å². The summed E-state index contributed by atoms with van der Waals surface area (Å²) in [6.07, 6.45) is 5.96. The summed E-state index contributed by atoms with van der Waals surface area (Å²) in [6.45, 7) is 3.94. The van der Waals surface area contributed by atoms with E-state index in [4.69, 9.17) is 4.74 Å². The van der Waals surface area contributed by atoms with Crippen molar-refractivity contribution in [3.05, 3.63) is 35.8 Å². The number of pyridine rings is 1. The molecule has 6 nitrogen and oxygen atoms in total. The second kappa shape index (κ2) is 7.25. The molecular weight excluding hydrogens is 318 g/mol. The van der Waals surface area contributed by atoms with E-state index in [1.165, 1.54) is 0 Å². The lowest BCUT2D eigenvalue weighted by Crippen LogP contribution is -2.41. The van der Waals surface area contributed by atoms with Gasteiger partial charge in [-0.1, -0.05) is 13.0 Å². The normalized spacial score (nSPS) is 20.4. The molecular formula is C19H25N3O3. The molecule has 0 saturated heterocycles. The predicted octanol–water partition coefficient (Wildman–Crippen LogP) is 2.84. The Morgan fingerprint density at radius 2 is 2.00 bits per heavy atom. The van der Waals surface area contributed by atoms with Gasteiger partial charge in [0.1, 0.15) is 5.65 Å². The third kappa shape index (κ3) is 3.83. The van der Waals surface area contributed by atoms with Crippen molar-refractivity contribution in [1.29, 1.82) is 0 Å². The fourth-order valence-corrected chi connectivity index (χ4v) is 3.38. The average Bonchev–Trinajstić information content (AvgIpc) is 3.05. The first-order valence-corrected chi connectivity index (χ1v) is 8.83. The Labute approximate surface area is 147 Å². The van der Waals surface area contributed by atoms with Crippen LogP contribution in [0.1, 0.15) is 48.8 Å². The molecule has 0 N–H and O–H groups in total. The second-order valence-corrected chi connectivity index (χ2v) is 7.02. The van der Waals surface area contributed by atoms with Gasteiger partial charge in [0, 0.05) is 25.0 Å². The molecule has 134 valence electrons. The number of aryl methyl sites for hydroxylation is 1. The topological polar surface area (TPSA) is 63.9 Å². The summed E-state index contributed by atoms with van der Waals surface area (Å²) in [5, 5.41) is 0. The first kappa shape index (κ1) is 17.5. The van der Waals surface area contributed by atoms with Gasteiger partial charge >= 0.3 is 5.97 Å². The molecule has 1 fully saturated rings. The molecule has 6 heteroatoms. The lowest BCUT2D eigenvalue weighted by atomic mass is 9.87. The van der Waals surface area contributed by atoms with Gasteiger partial charge in [-0.25, -0.2) is 9.78 Å². The van der Waals surface area contributed by atoms with Crippen molar-refractivity contribution in [3.63, 3.8) is 0 Å². The van der Waals surface area contributed by atoms with Crippen LogP contribution in [0.4, 0.5) is 0 Å². The van der Waals surface area contributed by atoms with E-state index in [1.54, 1.807) is 18.1 Å². The van der Waals surface area contributed by atoms with Crippen molar-refractivity contribution in [2.45, 2.75) is 45.6 Å².